The van der Waals surface area contributed by atoms with E-state index in [1.807, 2.05) is 0 Å². The Kier molecular flexibility index (Phi) is 5.38. The summed E-state index contributed by atoms with van der Waals surface area (Å²) in [7, 11) is 0. The van der Waals surface area contributed by atoms with Crippen LogP contribution in [0.15, 0.2) is 12.3 Å². The Bertz CT molecular complexity index is 405. The number of nitrogens with zero attached hydrogens (tertiary/aromatic N) is 2. The van der Waals surface area contributed by atoms with Crippen molar-refractivity contribution in [1.82, 2.24) is 9.88 Å². The van der Waals surface area contributed by atoms with Crippen LogP contribution in [0.1, 0.15) is 24.2 Å². The summed E-state index contributed by atoms with van der Waals surface area (Å²) in [6.07, 6.45) is 1.38. The molecule has 100 valence electrons. The molecule has 0 saturated heterocycles. The Morgan fingerprint density at radius 2 is 2.11 bits per heavy atom. The Balaban J connectivity index is 2.58. The van der Waals surface area contributed by atoms with Crippen molar-refractivity contribution < 1.29 is 9.53 Å². The first kappa shape index (κ1) is 14.2. The molecule has 0 fully saturated rings. The lowest BCUT2D eigenvalue weighted by atomic mass is 10.2. The van der Waals surface area contributed by atoms with Crippen LogP contribution in [-0.4, -0.2) is 42.0 Å². The third-order valence-corrected chi connectivity index (χ3v) is 2.73. The fraction of sp³-hybridized carbons (Fsp3) is 0.500. The van der Waals surface area contributed by atoms with Gasteiger partial charge in [0.1, 0.15) is 6.61 Å². The predicted molar refractivity (Wildman–Crippen MR) is 70.5 cm³/mol. The van der Waals surface area contributed by atoms with Gasteiger partial charge in [-0.25, -0.2) is 4.98 Å². The second-order valence-corrected chi connectivity index (χ2v) is 3.85. The molecule has 0 aromatic carbocycles. The molecule has 0 saturated carbocycles. The van der Waals surface area contributed by atoms with E-state index < -0.39 is 5.91 Å². The molecule has 1 heterocycles. The molecular weight excluding hydrogens is 232 g/mol. The summed E-state index contributed by atoms with van der Waals surface area (Å²) < 4.78 is 5.47. The highest BCUT2D eigenvalue weighted by atomic mass is 16.5. The molecule has 0 atom stereocenters. The molecule has 18 heavy (non-hydrogen) atoms. The van der Waals surface area contributed by atoms with Crippen molar-refractivity contribution >= 4 is 11.6 Å². The number of amides is 1. The second-order valence-electron chi connectivity index (χ2n) is 3.85. The van der Waals surface area contributed by atoms with Crippen molar-refractivity contribution in [2.24, 2.45) is 5.73 Å². The molecule has 1 amide bonds. The molecule has 1 aromatic heterocycles. The standard InChI is InChI=1S/C12H20N4O2/c1-3-16(4-2)5-6-18-11-7-9(12(14)17)10(13)8-15-11/h7-8H,3-6,13H2,1-2H3,(H2,14,17). The van der Waals surface area contributed by atoms with Gasteiger partial charge in [-0.15, -0.1) is 0 Å². The van der Waals surface area contributed by atoms with Crippen molar-refractivity contribution in [3.05, 3.63) is 17.8 Å². The number of carbonyl (C=O) groups is 1. The van der Waals surface area contributed by atoms with Gasteiger partial charge in [-0.05, 0) is 13.1 Å². The van der Waals surface area contributed by atoms with E-state index in [2.05, 4.69) is 23.7 Å². The number of pyridine rings is 1. The van der Waals surface area contributed by atoms with Gasteiger partial charge in [0, 0.05) is 12.6 Å². The van der Waals surface area contributed by atoms with E-state index in [9.17, 15) is 4.79 Å². The maximum absolute atomic E-state index is 11.1. The molecule has 0 aliphatic carbocycles. The van der Waals surface area contributed by atoms with Crippen LogP contribution < -0.4 is 16.2 Å². The second kappa shape index (κ2) is 6.80. The lowest BCUT2D eigenvalue weighted by molar-refractivity contribution is 0.100. The zero-order chi connectivity index (χ0) is 13.5. The largest absolute Gasteiger partial charge is 0.476 e. The zero-order valence-corrected chi connectivity index (χ0v) is 10.8. The average Bonchev–Trinajstić information content (AvgIpc) is 2.36. The number of ether oxygens (including phenoxy) is 1. The van der Waals surface area contributed by atoms with E-state index in [4.69, 9.17) is 16.2 Å². The number of primary amides is 1. The summed E-state index contributed by atoms with van der Waals surface area (Å²) in [5.41, 5.74) is 11.3. The molecule has 0 aliphatic heterocycles. The molecule has 4 N–H and O–H groups in total. The van der Waals surface area contributed by atoms with Crippen LogP contribution in [0.3, 0.4) is 0 Å². The van der Waals surface area contributed by atoms with Gasteiger partial charge in [-0.2, -0.15) is 0 Å². The first-order chi connectivity index (χ1) is 8.58. The third-order valence-electron chi connectivity index (χ3n) is 2.73. The minimum Gasteiger partial charge on any atom is -0.476 e. The monoisotopic (exact) mass is 252 g/mol. The summed E-state index contributed by atoms with van der Waals surface area (Å²) in [5.74, 6) is -0.214. The highest BCUT2D eigenvalue weighted by Crippen LogP contribution is 2.15. The van der Waals surface area contributed by atoms with Gasteiger partial charge >= 0.3 is 0 Å². The van der Waals surface area contributed by atoms with E-state index in [1.165, 1.54) is 12.3 Å². The number of rotatable bonds is 7. The van der Waals surface area contributed by atoms with Gasteiger partial charge in [0.2, 0.25) is 5.88 Å². The van der Waals surface area contributed by atoms with Crippen LogP contribution in [0, 0.1) is 0 Å². The van der Waals surface area contributed by atoms with E-state index in [0.717, 1.165) is 19.6 Å². The first-order valence-corrected chi connectivity index (χ1v) is 5.99. The first-order valence-electron chi connectivity index (χ1n) is 5.99. The van der Waals surface area contributed by atoms with Crippen molar-refractivity contribution in [1.29, 1.82) is 0 Å². The number of nitrogens with two attached hydrogens (primary N) is 2. The van der Waals surface area contributed by atoms with Gasteiger partial charge in [0.25, 0.3) is 5.91 Å². The van der Waals surface area contributed by atoms with E-state index in [0.29, 0.717) is 12.5 Å². The third kappa shape index (κ3) is 3.89. The summed E-state index contributed by atoms with van der Waals surface area (Å²) in [4.78, 5) is 17.3. The molecule has 0 bridgehead atoms. The highest BCUT2D eigenvalue weighted by molar-refractivity contribution is 5.97. The molecule has 0 aliphatic rings. The maximum Gasteiger partial charge on any atom is 0.251 e. The minimum absolute atomic E-state index is 0.239. The SMILES string of the molecule is CCN(CC)CCOc1cc(C(N)=O)c(N)cn1. The Hall–Kier alpha value is -1.82. The van der Waals surface area contributed by atoms with E-state index in [-0.39, 0.29) is 11.3 Å². The lowest BCUT2D eigenvalue weighted by Crippen LogP contribution is -2.28. The van der Waals surface area contributed by atoms with Gasteiger partial charge in [-0.1, -0.05) is 13.8 Å². The van der Waals surface area contributed by atoms with Gasteiger partial charge in [0.05, 0.1) is 17.4 Å². The number of hydrogen-bond donors (Lipinski definition) is 2. The van der Waals surface area contributed by atoms with Gasteiger partial charge in [0.15, 0.2) is 0 Å². The molecule has 1 rings (SSSR count). The lowest BCUT2D eigenvalue weighted by Gasteiger charge is -2.17. The number of likely N-dealkylation sites (N-methyl/N-ethyl adjacent to an activating group) is 1. The van der Waals surface area contributed by atoms with Crippen LogP contribution in [-0.2, 0) is 0 Å². The normalized spacial score (nSPS) is 10.6. The minimum atomic E-state index is -0.580. The molecule has 6 heteroatoms. The van der Waals surface area contributed by atoms with Crippen LogP contribution in [0.25, 0.3) is 0 Å². The van der Waals surface area contributed by atoms with Crippen molar-refractivity contribution in [2.75, 3.05) is 32.0 Å². The van der Waals surface area contributed by atoms with Gasteiger partial charge in [-0.3, -0.25) is 4.79 Å². The Morgan fingerprint density at radius 3 is 2.67 bits per heavy atom. The number of anilines is 1. The fourth-order valence-electron chi connectivity index (χ4n) is 1.56. The summed E-state index contributed by atoms with van der Waals surface area (Å²) in [6, 6.07) is 1.47. The maximum atomic E-state index is 11.1. The average molecular weight is 252 g/mol. The summed E-state index contributed by atoms with van der Waals surface area (Å²) >= 11 is 0. The molecule has 0 radical (unpaired) electrons. The van der Waals surface area contributed by atoms with Crippen LogP contribution >= 0.6 is 0 Å². The molecular formula is C12H20N4O2. The molecule has 6 nitrogen and oxygen atoms in total. The fourth-order valence-corrected chi connectivity index (χ4v) is 1.56. The van der Waals surface area contributed by atoms with Crippen molar-refractivity contribution in [3.8, 4) is 5.88 Å². The smallest absolute Gasteiger partial charge is 0.251 e. The zero-order valence-electron chi connectivity index (χ0n) is 10.8. The van der Waals surface area contributed by atoms with Gasteiger partial charge < -0.3 is 21.1 Å². The highest BCUT2D eigenvalue weighted by Gasteiger charge is 2.08. The Labute approximate surface area is 107 Å². The molecule has 0 spiro atoms. The predicted octanol–water partition coefficient (Wildman–Crippen LogP) is 0.483. The number of nitrogen functional groups attached to an aromatic ring is 1. The number of carbonyl (C=O) groups excluding carboxylic acids is 1. The molecule has 0 unspecified atom stereocenters. The van der Waals surface area contributed by atoms with Crippen LogP contribution in [0.2, 0.25) is 0 Å². The van der Waals surface area contributed by atoms with E-state index in [1.54, 1.807) is 0 Å². The topological polar surface area (TPSA) is 94.5 Å². The number of aromatic nitrogens is 1. The van der Waals surface area contributed by atoms with Crippen LogP contribution in [0.4, 0.5) is 5.69 Å². The van der Waals surface area contributed by atoms with Crippen molar-refractivity contribution in [2.45, 2.75) is 13.8 Å². The van der Waals surface area contributed by atoms with Crippen LogP contribution in [0.5, 0.6) is 5.88 Å². The van der Waals surface area contributed by atoms with Crippen molar-refractivity contribution in [3.63, 3.8) is 0 Å². The Morgan fingerprint density at radius 1 is 1.44 bits per heavy atom. The van der Waals surface area contributed by atoms with E-state index >= 15 is 0 Å². The molecule has 1 aromatic rings. The summed E-state index contributed by atoms with van der Waals surface area (Å²) in [6.45, 7) is 7.46. The number of hydrogen-bond acceptors (Lipinski definition) is 5. The summed E-state index contributed by atoms with van der Waals surface area (Å²) in [5, 5.41) is 0. The quantitative estimate of drug-likeness (QED) is 0.736.